The van der Waals surface area contributed by atoms with E-state index in [-0.39, 0.29) is 0 Å². The Morgan fingerprint density at radius 3 is 2.57 bits per heavy atom. The van der Waals surface area contributed by atoms with E-state index in [4.69, 9.17) is 0 Å². The molecular formula is C12H20N2. The highest BCUT2D eigenvalue weighted by Gasteiger charge is 2.42. The molecule has 0 aliphatic heterocycles. The smallest absolute Gasteiger partial charge is 0.0596 e. The molecule has 2 heteroatoms. The minimum Gasteiger partial charge on any atom is -0.269 e. The van der Waals surface area contributed by atoms with Crippen LogP contribution in [0, 0.1) is 19.3 Å². The van der Waals surface area contributed by atoms with Crippen molar-refractivity contribution in [1.82, 2.24) is 9.78 Å². The van der Waals surface area contributed by atoms with Crippen LogP contribution in [0.4, 0.5) is 0 Å². The monoisotopic (exact) mass is 192 g/mol. The second kappa shape index (κ2) is 3.41. The third kappa shape index (κ3) is 1.84. The van der Waals surface area contributed by atoms with Crippen LogP contribution in [0.15, 0.2) is 6.07 Å². The fourth-order valence-corrected chi connectivity index (χ4v) is 2.35. The first kappa shape index (κ1) is 9.75. The first-order valence-electron chi connectivity index (χ1n) is 5.66. The molecule has 1 saturated carbocycles. The molecule has 0 unspecified atom stereocenters. The molecule has 0 spiro atoms. The maximum Gasteiger partial charge on any atom is 0.0596 e. The van der Waals surface area contributed by atoms with Crippen LogP contribution in [0.1, 0.15) is 44.0 Å². The van der Waals surface area contributed by atoms with Crippen LogP contribution >= 0.6 is 0 Å². The molecule has 1 heterocycles. The predicted molar refractivity (Wildman–Crippen MR) is 58.3 cm³/mol. The second-order valence-electron chi connectivity index (χ2n) is 4.83. The molecule has 78 valence electrons. The van der Waals surface area contributed by atoms with Gasteiger partial charge < -0.3 is 0 Å². The summed E-state index contributed by atoms with van der Waals surface area (Å²) in [6.45, 7) is 7.65. The van der Waals surface area contributed by atoms with Gasteiger partial charge in [-0.15, -0.1) is 0 Å². The molecule has 2 rings (SSSR count). The highest BCUT2D eigenvalue weighted by atomic mass is 15.3. The minimum atomic E-state index is 0.609. The molecule has 14 heavy (non-hydrogen) atoms. The zero-order chi connectivity index (χ0) is 10.2. The second-order valence-corrected chi connectivity index (χ2v) is 4.83. The van der Waals surface area contributed by atoms with E-state index in [0.717, 1.165) is 12.2 Å². The SMILES string of the molecule is CCCC1(Cn2nc(C)cc2C)CC1. The average molecular weight is 192 g/mol. The van der Waals surface area contributed by atoms with Crippen molar-refractivity contribution < 1.29 is 0 Å². The first-order chi connectivity index (χ1) is 6.65. The fourth-order valence-electron chi connectivity index (χ4n) is 2.35. The summed E-state index contributed by atoms with van der Waals surface area (Å²) in [5.74, 6) is 0. The van der Waals surface area contributed by atoms with Gasteiger partial charge in [0.05, 0.1) is 5.69 Å². The normalized spacial score (nSPS) is 18.5. The Kier molecular flexibility index (Phi) is 2.38. The van der Waals surface area contributed by atoms with Crippen LogP contribution in [0.2, 0.25) is 0 Å². The van der Waals surface area contributed by atoms with Crippen LogP contribution in [-0.4, -0.2) is 9.78 Å². The van der Waals surface area contributed by atoms with Crippen molar-refractivity contribution >= 4 is 0 Å². The molecule has 0 saturated heterocycles. The Morgan fingerprint density at radius 1 is 1.43 bits per heavy atom. The lowest BCUT2D eigenvalue weighted by molar-refractivity contribution is 0.362. The number of aryl methyl sites for hydroxylation is 2. The van der Waals surface area contributed by atoms with Crippen molar-refractivity contribution in [2.24, 2.45) is 5.41 Å². The zero-order valence-corrected chi connectivity index (χ0v) is 9.51. The number of rotatable bonds is 4. The molecule has 0 aromatic carbocycles. The molecule has 1 aromatic rings. The van der Waals surface area contributed by atoms with E-state index >= 15 is 0 Å². The number of aromatic nitrogens is 2. The van der Waals surface area contributed by atoms with E-state index < -0.39 is 0 Å². The van der Waals surface area contributed by atoms with Crippen molar-refractivity contribution in [1.29, 1.82) is 0 Å². The van der Waals surface area contributed by atoms with Gasteiger partial charge in [0.2, 0.25) is 0 Å². The molecule has 1 aliphatic rings. The van der Waals surface area contributed by atoms with Crippen molar-refractivity contribution in [3.63, 3.8) is 0 Å². The summed E-state index contributed by atoms with van der Waals surface area (Å²) < 4.78 is 2.19. The van der Waals surface area contributed by atoms with Crippen molar-refractivity contribution in [2.45, 2.75) is 53.0 Å². The van der Waals surface area contributed by atoms with Gasteiger partial charge in [-0.2, -0.15) is 5.10 Å². The Hall–Kier alpha value is -0.790. The van der Waals surface area contributed by atoms with Crippen LogP contribution in [0.5, 0.6) is 0 Å². The number of hydrogen-bond acceptors (Lipinski definition) is 1. The third-order valence-electron chi connectivity index (χ3n) is 3.33. The third-order valence-corrected chi connectivity index (χ3v) is 3.33. The maximum absolute atomic E-state index is 4.53. The largest absolute Gasteiger partial charge is 0.269 e. The van der Waals surface area contributed by atoms with Crippen LogP contribution in [-0.2, 0) is 6.54 Å². The lowest BCUT2D eigenvalue weighted by Crippen LogP contribution is -2.13. The van der Waals surface area contributed by atoms with Crippen LogP contribution in [0.3, 0.4) is 0 Å². The summed E-state index contributed by atoms with van der Waals surface area (Å²) >= 11 is 0. The Bertz CT molecular complexity index is 321. The molecule has 0 atom stereocenters. The summed E-state index contributed by atoms with van der Waals surface area (Å²) in [5.41, 5.74) is 3.07. The van der Waals surface area contributed by atoms with Crippen molar-refractivity contribution in [2.75, 3.05) is 0 Å². The van der Waals surface area contributed by atoms with E-state index in [0.29, 0.717) is 5.41 Å². The van der Waals surface area contributed by atoms with E-state index in [1.54, 1.807) is 0 Å². The van der Waals surface area contributed by atoms with Gasteiger partial charge in [-0.3, -0.25) is 4.68 Å². The summed E-state index contributed by atoms with van der Waals surface area (Å²) in [6.07, 6.45) is 5.48. The van der Waals surface area contributed by atoms with E-state index in [1.807, 2.05) is 0 Å². The highest BCUT2D eigenvalue weighted by Crippen LogP contribution is 2.50. The molecule has 0 bridgehead atoms. The van der Waals surface area contributed by atoms with Crippen LogP contribution < -0.4 is 0 Å². The van der Waals surface area contributed by atoms with Gasteiger partial charge in [-0.05, 0) is 44.6 Å². The van der Waals surface area contributed by atoms with Gasteiger partial charge in [0.15, 0.2) is 0 Å². The summed E-state index contributed by atoms with van der Waals surface area (Å²) in [5, 5.41) is 4.53. The number of hydrogen-bond donors (Lipinski definition) is 0. The quantitative estimate of drug-likeness (QED) is 0.717. The molecule has 0 amide bonds. The minimum absolute atomic E-state index is 0.609. The Labute approximate surface area is 86.3 Å². The zero-order valence-electron chi connectivity index (χ0n) is 9.51. The van der Waals surface area contributed by atoms with Gasteiger partial charge in [0.1, 0.15) is 0 Å². The van der Waals surface area contributed by atoms with E-state index in [1.165, 1.54) is 31.4 Å². The number of nitrogens with zero attached hydrogens (tertiary/aromatic N) is 2. The topological polar surface area (TPSA) is 17.8 Å². The molecule has 0 radical (unpaired) electrons. The van der Waals surface area contributed by atoms with E-state index in [2.05, 4.69) is 36.6 Å². The molecular weight excluding hydrogens is 172 g/mol. The Morgan fingerprint density at radius 2 is 2.14 bits per heavy atom. The summed E-state index contributed by atoms with van der Waals surface area (Å²) in [7, 11) is 0. The highest BCUT2D eigenvalue weighted by molar-refractivity contribution is 5.08. The average Bonchev–Trinajstić information content (AvgIpc) is 2.77. The van der Waals surface area contributed by atoms with Gasteiger partial charge >= 0.3 is 0 Å². The molecule has 0 N–H and O–H groups in total. The maximum atomic E-state index is 4.53. The lowest BCUT2D eigenvalue weighted by Gasteiger charge is -2.14. The van der Waals surface area contributed by atoms with Gasteiger partial charge in [0.25, 0.3) is 0 Å². The molecule has 1 fully saturated rings. The fraction of sp³-hybridized carbons (Fsp3) is 0.750. The standard InChI is InChI=1S/C12H20N2/c1-4-5-12(6-7-12)9-14-11(3)8-10(2)13-14/h8H,4-7,9H2,1-3H3. The predicted octanol–water partition coefficient (Wildman–Crippen LogP) is 3.08. The van der Waals surface area contributed by atoms with Crippen molar-refractivity contribution in [3.05, 3.63) is 17.5 Å². The van der Waals surface area contributed by atoms with Crippen molar-refractivity contribution in [3.8, 4) is 0 Å². The molecule has 1 aliphatic carbocycles. The first-order valence-corrected chi connectivity index (χ1v) is 5.66. The summed E-state index contributed by atoms with van der Waals surface area (Å²) in [6, 6.07) is 2.17. The van der Waals surface area contributed by atoms with E-state index in [9.17, 15) is 0 Å². The van der Waals surface area contributed by atoms with Gasteiger partial charge in [0, 0.05) is 12.2 Å². The van der Waals surface area contributed by atoms with Gasteiger partial charge in [-0.25, -0.2) is 0 Å². The van der Waals surface area contributed by atoms with Crippen LogP contribution in [0.25, 0.3) is 0 Å². The molecule has 1 aromatic heterocycles. The van der Waals surface area contributed by atoms with Gasteiger partial charge in [-0.1, -0.05) is 13.3 Å². The Balaban J connectivity index is 2.07. The lowest BCUT2D eigenvalue weighted by atomic mass is 10.0. The molecule has 2 nitrogen and oxygen atoms in total. The summed E-state index contributed by atoms with van der Waals surface area (Å²) in [4.78, 5) is 0.